The first-order valence-corrected chi connectivity index (χ1v) is 7.82. The van der Waals surface area contributed by atoms with Crippen LogP contribution in [-0.2, 0) is 15.7 Å². The van der Waals surface area contributed by atoms with Gasteiger partial charge in [-0.3, -0.25) is 9.78 Å². The summed E-state index contributed by atoms with van der Waals surface area (Å²) >= 11 is 0. The molecule has 1 N–H and O–H groups in total. The Labute approximate surface area is 151 Å². The molecule has 0 unspecified atom stereocenters. The fourth-order valence-corrected chi connectivity index (χ4v) is 2.42. The van der Waals surface area contributed by atoms with Gasteiger partial charge in [0.05, 0.1) is 16.6 Å². The normalized spacial score (nSPS) is 11.2. The minimum absolute atomic E-state index is 0.165. The van der Waals surface area contributed by atoms with E-state index in [1.54, 1.807) is 24.3 Å². The van der Waals surface area contributed by atoms with E-state index in [9.17, 15) is 22.8 Å². The molecule has 0 fully saturated rings. The molecule has 1 heterocycles. The molecule has 0 spiro atoms. The summed E-state index contributed by atoms with van der Waals surface area (Å²) in [6.45, 7) is -0.573. The maximum absolute atomic E-state index is 12.5. The molecule has 5 nitrogen and oxygen atoms in total. The second-order valence-corrected chi connectivity index (χ2v) is 5.58. The molecule has 0 aliphatic carbocycles. The van der Waals surface area contributed by atoms with Crippen LogP contribution in [0.4, 0.5) is 18.9 Å². The maximum Gasteiger partial charge on any atom is 0.416 e. The van der Waals surface area contributed by atoms with Gasteiger partial charge in [0.1, 0.15) is 0 Å². The van der Waals surface area contributed by atoms with E-state index in [1.165, 1.54) is 12.3 Å². The summed E-state index contributed by atoms with van der Waals surface area (Å²) in [5.41, 5.74) is 0.221. The lowest BCUT2D eigenvalue weighted by Crippen LogP contribution is -2.21. The van der Waals surface area contributed by atoms with Crippen molar-refractivity contribution >= 4 is 28.5 Å². The Bertz CT molecular complexity index is 980. The monoisotopic (exact) mass is 374 g/mol. The molecule has 2 aromatic carbocycles. The van der Waals surface area contributed by atoms with Crippen molar-refractivity contribution in [3.63, 3.8) is 0 Å². The van der Waals surface area contributed by atoms with Crippen LogP contribution < -0.4 is 5.32 Å². The largest absolute Gasteiger partial charge is 0.452 e. The van der Waals surface area contributed by atoms with Crippen LogP contribution in [0, 0.1) is 0 Å². The van der Waals surface area contributed by atoms with Gasteiger partial charge in [-0.25, -0.2) is 4.79 Å². The van der Waals surface area contributed by atoms with Crippen molar-refractivity contribution in [2.75, 3.05) is 11.9 Å². The lowest BCUT2D eigenvalue weighted by molar-refractivity contribution is -0.137. The van der Waals surface area contributed by atoms with Crippen LogP contribution in [0.3, 0.4) is 0 Å². The number of carbonyl (C=O) groups excluding carboxylic acids is 2. The average molecular weight is 374 g/mol. The van der Waals surface area contributed by atoms with Gasteiger partial charge in [-0.1, -0.05) is 18.2 Å². The predicted molar refractivity (Wildman–Crippen MR) is 92.1 cm³/mol. The first-order chi connectivity index (χ1) is 12.8. The molecule has 138 valence electrons. The topological polar surface area (TPSA) is 68.3 Å². The molecular weight excluding hydrogens is 361 g/mol. The van der Waals surface area contributed by atoms with Crippen LogP contribution in [0.15, 0.2) is 60.8 Å². The molecule has 1 amide bonds. The maximum atomic E-state index is 12.5. The number of aromatic nitrogens is 1. The van der Waals surface area contributed by atoms with Crippen molar-refractivity contribution in [1.29, 1.82) is 0 Å². The summed E-state index contributed by atoms with van der Waals surface area (Å²) in [4.78, 5) is 28.2. The van der Waals surface area contributed by atoms with Gasteiger partial charge in [-0.05, 0) is 36.4 Å². The number of fused-ring (bicyclic) bond motifs is 1. The Kier molecular flexibility index (Phi) is 5.07. The van der Waals surface area contributed by atoms with Crippen molar-refractivity contribution in [1.82, 2.24) is 4.98 Å². The van der Waals surface area contributed by atoms with Crippen LogP contribution in [0.1, 0.15) is 15.9 Å². The third-order valence-electron chi connectivity index (χ3n) is 3.70. The molecule has 0 aliphatic heterocycles. The zero-order chi connectivity index (χ0) is 19.4. The van der Waals surface area contributed by atoms with E-state index < -0.39 is 30.2 Å². The third kappa shape index (κ3) is 4.41. The Hall–Kier alpha value is -3.42. The zero-order valence-electron chi connectivity index (χ0n) is 13.8. The highest BCUT2D eigenvalue weighted by Gasteiger charge is 2.30. The number of hydrogen-bond acceptors (Lipinski definition) is 4. The molecule has 27 heavy (non-hydrogen) atoms. The lowest BCUT2D eigenvalue weighted by atomic mass is 10.1. The summed E-state index contributed by atoms with van der Waals surface area (Å²) in [5, 5.41) is 2.96. The highest BCUT2D eigenvalue weighted by molar-refractivity contribution is 6.04. The van der Waals surface area contributed by atoms with E-state index in [-0.39, 0.29) is 11.3 Å². The fourth-order valence-electron chi connectivity index (χ4n) is 2.42. The van der Waals surface area contributed by atoms with Crippen molar-refractivity contribution in [2.45, 2.75) is 6.18 Å². The summed E-state index contributed by atoms with van der Waals surface area (Å²) in [7, 11) is 0. The van der Waals surface area contributed by atoms with Gasteiger partial charge < -0.3 is 10.1 Å². The number of rotatable bonds is 4. The fraction of sp³-hybridized carbons (Fsp3) is 0.105. The molecule has 0 saturated heterocycles. The number of alkyl halides is 3. The molecule has 0 atom stereocenters. The molecule has 0 aliphatic rings. The third-order valence-corrected chi connectivity index (χ3v) is 3.70. The number of benzene rings is 2. The molecular formula is C19H13F3N2O3. The number of ether oxygens (including phenoxy) is 1. The number of nitrogens with one attached hydrogen (secondary N) is 1. The second-order valence-electron chi connectivity index (χ2n) is 5.58. The standard InChI is InChI=1S/C19H13F3N2O3/c20-19(21,22)12-5-7-13(8-6-12)24-17(25)11-27-18(26)15-9-10-23-16-4-2-1-3-14(15)16/h1-10H,11H2,(H,24,25). The lowest BCUT2D eigenvalue weighted by Gasteiger charge is -2.10. The van der Waals surface area contributed by atoms with Gasteiger partial charge in [-0.15, -0.1) is 0 Å². The van der Waals surface area contributed by atoms with Crippen molar-refractivity contribution in [2.24, 2.45) is 0 Å². The number of halogens is 3. The molecule has 3 aromatic rings. The highest BCUT2D eigenvalue weighted by atomic mass is 19.4. The van der Waals surface area contributed by atoms with Crippen LogP contribution in [0.5, 0.6) is 0 Å². The van der Waals surface area contributed by atoms with E-state index in [0.717, 1.165) is 24.3 Å². The van der Waals surface area contributed by atoms with E-state index in [2.05, 4.69) is 10.3 Å². The second kappa shape index (κ2) is 7.45. The number of carbonyl (C=O) groups is 2. The van der Waals surface area contributed by atoms with Crippen LogP contribution in [0.25, 0.3) is 10.9 Å². The van der Waals surface area contributed by atoms with E-state index >= 15 is 0 Å². The quantitative estimate of drug-likeness (QED) is 0.700. The number of pyridine rings is 1. The number of hydrogen-bond donors (Lipinski definition) is 1. The van der Waals surface area contributed by atoms with Gasteiger partial charge in [0.25, 0.3) is 5.91 Å². The first kappa shape index (κ1) is 18.4. The summed E-state index contributed by atoms with van der Waals surface area (Å²) < 4.78 is 42.5. The van der Waals surface area contributed by atoms with E-state index in [4.69, 9.17) is 4.74 Å². The minimum atomic E-state index is -4.45. The number of anilines is 1. The van der Waals surface area contributed by atoms with Crippen molar-refractivity contribution in [3.8, 4) is 0 Å². The zero-order valence-corrected chi connectivity index (χ0v) is 13.8. The summed E-state index contributed by atoms with van der Waals surface area (Å²) in [6.07, 6.45) is -2.99. The smallest absolute Gasteiger partial charge is 0.416 e. The van der Waals surface area contributed by atoms with E-state index in [0.29, 0.717) is 10.9 Å². The number of amides is 1. The molecule has 3 rings (SSSR count). The molecule has 8 heteroatoms. The summed E-state index contributed by atoms with van der Waals surface area (Å²) in [5.74, 6) is -1.36. The Morgan fingerprint density at radius 1 is 1.00 bits per heavy atom. The Morgan fingerprint density at radius 3 is 2.41 bits per heavy atom. The van der Waals surface area contributed by atoms with Crippen molar-refractivity contribution in [3.05, 3.63) is 71.9 Å². The van der Waals surface area contributed by atoms with Crippen LogP contribution in [0.2, 0.25) is 0 Å². The van der Waals surface area contributed by atoms with Gasteiger partial charge >= 0.3 is 12.1 Å². The van der Waals surface area contributed by atoms with Crippen LogP contribution >= 0.6 is 0 Å². The van der Waals surface area contributed by atoms with Crippen molar-refractivity contribution < 1.29 is 27.5 Å². The van der Waals surface area contributed by atoms with Gasteiger partial charge in [0.2, 0.25) is 0 Å². The minimum Gasteiger partial charge on any atom is -0.452 e. The average Bonchev–Trinajstić information content (AvgIpc) is 2.65. The van der Waals surface area contributed by atoms with Gasteiger partial charge in [-0.2, -0.15) is 13.2 Å². The SMILES string of the molecule is O=C(COC(=O)c1ccnc2ccccc12)Nc1ccc(C(F)(F)F)cc1. The first-order valence-electron chi connectivity index (χ1n) is 7.82. The molecule has 0 radical (unpaired) electrons. The number of para-hydroxylation sites is 1. The molecule has 0 saturated carbocycles. The molecule has 1 aromatic heterocycles. The predicted octanol–water partition coefficient (Wildman–Crippen LogP) is 4.05. The highest BCUT2D eigenvalue weighted by Crippen LogP contribution is 2.29. The van der Waals surface area contributed by atoms with E-state index in [1.807, 2.05) is 0 Å². The van der Waals surface area contributed by atoms with Gasteiger partial charge in [0.15, 0.2) is 6.61 Å². The molecule has 0 bridgehead atoms. The Balaban J connectivity index is 1.61. The summed E-state index contributed by atoms with van der Waals surface area (Å²) in [6, 6.07) is 12.4. The Morgan fingerprint density at radius 2 is 1.70 bits per heavy atom. The van der Waals surface area contributed by atoms with Crippen LogP contribution in [-0.4, -0.2) is 23.5 Å². The van der Waals surface area contributed by atoms with Gasteiger partial charge in [0, 0.05) is 17.3 Å². The number of nitrogens with zero attached hydrogens (tertiary/aromatic N) is 1. The number of esters is 1.